The molecule has 1 N–H and O–H groups in total. The Hall–Kier alpha value is -2.48. The van der Waals surface area contributed by atoms with Gasteiger partial charge in [0.25, 0.3) is 5.69 Å². The first kappa shape index (κ1) is 18.9. The van der Waals surface area contributed by atoms with Crippen molar-refractivity contribution < 1.29 is 14.5 Å². The zero-order chi connectivity index (χ0) is 18.2. The first-order valence-corrected chi connectivity index (χ1v) is 8.49. The summed E-state index contributed by atoms with van der Waals surface area (Å²) in [6, 6.07) is 6.06. The van der Waals surface area contributed by atoms with E-state index in [1.54, 1.807) is 17.0 Å². The van der Waals surface area contributed by atoms with Gasteiger partial charge in [0.05, 0.1) is 17.9 Å². The highest BCUT2D eigenvalue weighted by Crippen LogP contribution is 2.13. The lowest BCUT2D eigenvalue weighted by molar-refractivity contribution is -0.384. The lowest BCUT2D eigenvalue weighted by Crippen LogP contribution is -2.51. The molecule has 0 spiro atoms. The van der Waals surface area contributed by atoms with E-state index in [4.69, 9.17) is 0 Å². The van der Waals surface area contributed by atoms with Gasteiger partial charge in [0.2, 0.25) is 11.8 Å². The molecule has 0 aliphatic carbocycles. The van der Waals surface area contributed by atoms with E-state index in [0.717, 1.165) is 12.0 Å². The Bertz CT molecular complexity index is 610. The molecule has 8 nitrogen and oxygen atoms in total. The molecule has 8 heteroatoms. The summed E-state index contributed by atoms with van der Waals surface area (Å²) in [6.07, 6.45) is 1.14. The number of nitro benzene ring substituents is 1. The molecule has 25 heavy (non-hydrogen) atoms. The van der Waals surface area contributed by atoms with Gasteiger partial charge in [-0.3, -0.25) is 24.6 Å². The second-order valence-corrected chi connectivity index (χ2v) is 6.11. The fourth-order valence-corrected chi connectivity index (χ4v) is 2.70. The number of carbonyl (C=O) groups excluding carboxylic acids is 2. The van der Waals surface area contributed by atoms with Crippen LogP contribution < -0.4 is 5.32 Å². The van der Waals surface area contributed by atoms with Crippen LogP contribution in [0.25, 0.3) is 0 Å². The minimum absolute atomic E-state index is 0.00365. The first-order chi connectivity index (χ1) is 12.0. The number of amides is 2. The maximum atomic E-state index is 12.4. The number of hydrogen-bond donors (Lipinski definition) is 1. The van der Waals surface area contributed by atoms with Crippen molar-refractivity contribution in [3.05, 3.63) is 39.9 Å². The molecule has 0 saturated carbocycles. The van der Waals surface area contributed by atoms with E-state index in [1.807, 2.05) is 11.8 Å². The molecule has 2 amide bonds. The molecule has 0 atom stereocenters. The predicted octanol–water partition coefficient (Wildman–Crippen LogP) is 0.808. The molecule has 0 unspecified atom stereocenters. The third kappa shape index (κ3) is 5.82. The number of piperazine rings is 1. The van der Waals surface area contributed by atoms with Gasteiger partial charge in [0.1, 0.15) is 0 Å². The summed E-state index contributed by atoms with van der Waals surface area (Å²) < 4.78 is 0. The summed E-state index contributed by atoms with van der Waals surface area (Å²) in [5.74, 6) is 0.0245. The summed E-state index contributed by atoms with van der Waals surface area (Å²) in [5, 5.41) is 13.5. The van der Waals surface area contributed by atoms with Gasteiger partial charge < -0.3 is 10.2 Å². The smallest absolute Gasteiger partial charge is 0.269 e. The van der Waals surface area contributed by atoms with Gasteiger partial charge in [-0.2, -0.15) is 0 Å². The van der Waals surface area contributed by atoms with E-state index in [9.17, 15) is 19.7 Å². The largest absolute Gasteiger partial charge is 0.355 e. The molecule has 0 radical (unpaired) electrons. The van der Waals surface area contributed by atoms with Crippen molar-refractivity contribution in [2.75, 3.05) is 39.3 Å². The van der Waals surface area contributed by atoms with E-state index < -0.39 is 4.92 Å². The Morgan fingerprint density at radius 1 is 1.16 bits per heavy atom. The quantitative estimate of drug-likeness (QED) is 0.581. The number of non-ortho nitro benzene ring substituents is 1. The van der Waals surface area contributed by atoms with Crippen molar-refractivity contribution in [2.45, 2.75) is 19.8 Å². The second kappa shape index (κ2) is 9.12. The van der Waals surface area contributed by atoms with E-state index in [-0.39, 0.29) is 23.9 Å². The second-order valence-electron chi connectivity index (χ2n) is 6.11. The SMILES string of the molecule is CCCNC(=O)CN1CCN(C(=O)Cc2ccc([N+](=O)[O-])cc2)CC1. The van der Waals surface area contributed by atoms with E-state index in [2.05, 4.69) is 5.32 Å². The molecule has 1 heterocycles. The first-order valence-electron chi connectivity index (χ1n) is 8.49. The van der Waals surface area contributed by atoms with Gasteiger partial charge in [-0.1, -0.05) is 19.1 Å². The Balaban J connectivity index is 1.77. The molecule has 1 aliphatic heterocycles. The topological polar surface area (TPSA) is 95.8 Å². The number of hydrogen-bond acceptors (Lipinski definition) is 5. The summed E-state index contributed by atoms with van der Waals surface area (Å²) in [5.41, 5.74) is 0.781. The number of nitro groups is 1. The molecule has 1 fully saturated rings. The van der Waals surface area contributed by atoms with Crippen LogP contribution in [0.15, 0.2) is 24.3 Å². The van der Waals surface area contributed by atoms with Crippen LogP contribution in [0.5, 0.6) is 0 Å². The van der Waals surface area contributed by atoms with E-state index >= 15 is 0 Å². The molecule has 1 saturated heterocycles. The molecule has 1 aliphatic rings. The highest BCUT2D eigenvalue weighted by Gasteiger charge is 2.22. The van der Waals surface area contributed by atoms with Crippen molar-refractivity contribution in [1.82, 2.24) is 15.1 Å². The van der Waals surface area contributed by atoms with Gasteiger partial charge in [-0.05, 0) is 12.0 Å². The number of benzene rings is 1. The molecule has 1 aromatic rings. The molecule has 1 aromatic carbocycles. The average Bonchev–Trinajstić information content (AvgIpc) is 2.61. The summed E-state index contributed by atoms with van der Waals surface area (Å²) in [7, 11) is 0. The summed E-state index contributed by atoms with van der Waals surface area (Å²) in [6.45, 7) is 5.59. The van der Waals surface area contributed by atoms with Gasteiger partial charge in [0, 0.05) is 44.9 Å². The van der Waals surface area contributed by atoms with Crippen LogP contribution >= 0.6 is 0 Å². The van der Waals surface area contributed by atoms with Crippen LogP contribution in [0.4, 0.5) is 5.69 Å². The molecule has 0 bridgehead atoms. The predicted molar refractivity (Wildman–Crippen MR) is 93.1 cm³/mol. The van der Waals surface area contributed by atoms with Crippen LogP contribution in [0.2, 0.25) is 0 Å². The van der Waals surface area contributed by atoms with Crippen molar-refractivity contribution in [2.24, 2.45) is 0 Å². The number of nitrogens with zero attached hydrogens (tertiary/aromatic N) is 3. The summed E-state index contributed by atoms with van der Waals surface area (Å²) in [4.78, 5) is 38.1. The third-order valence-corrected chi connectivity index (χ3v) is 4.17. The lowest BCUT2D eigenvalue weighted by Gasteiger charge is -2.34. The van der Waals surface area contributed by atoms with Gasteiger partial charge >= 0.3 is 0 Å². The summed E-state index contributed by atoms with van der Waals surface area (Å²) >= 11 is 0. The normalized spacial score (nSPS) is 15.0. The van der Waals surface area contributed by atoms with Crippen LogP contribution in [0.3, 0.4) is 0 Å². The van der Waals surface area contributed by atoms with Gasteiger partial charge in [-0.25, -0.2) is 0 Å². The van der Waals surface area contributed by atoms with E-state index in [1.165, 1.54) is 12.1 Å². The average molecular weight is 348 g/mol. The number of carbonyl (C=O) groups is 2. The zero-order valence-electron chi connectivity index (χ0n) is 14.4. The highest BCUT2D eigenvalue weighted by atomic mass is 16.6. The fraction of sp³-hybridized carbons (Fsp3) is 0.529. The third-order valence-electron chi connectivity index (χ3n) is 4.17. The van der Waals surface area contributed by atoms with Crippen molar-refractivity contribution in [1.29, 1.82) is 0 Å². The van der Waals surface area contributed by atoms with Gasteiger partial charge in [-0.15, -0.1) is 0 Å². The lowest BCUT2D eigenvalue weighted by atomic mass is 10.1. The van der Waals surface area contributed by atoms with E-state index in [0.29, 0.717) is 39.3 Å². The van der Waals surface area contributed by atoms with Crippen molar-refractivity contribution in [3.63, 3.8) is 0 Å². The number of nitrogens with one attached hydrogen (secondary N) is 1. The maximum Gasteiger partial charge on any atom is 0.269 e. The minimum Gasteiger partial charge on any atom is -0.355 e. The Morgan fingerprint density at radius 2 is 1.80 bits per heavy atom. The highest BCUT2D eigenvalue weighted by molar-refractivity contribution is 5.79. The van der Waals surface area contributed by atoms with Crippen LogP contribution in [0, 0.1) is 10.1 Å². The Kier molecular flexibility index (Phi) is 6.88. The maximum absolute atomic E-state index is 12.4. The molecule has 136 valence electrons. The van der Waals surface area contributed by atoms with Crippen molar-refractivity contribution >= 4 is 17.5 Å². The fourth-order valence-electron chi connectivity index (χ4n) is 2.70. The monoisotopic (exact) mass is 348 g/mol. The van der Waals surface area contributed by atoms with Crippen LogP contribution in [-0.2, 0) is 16.0 Å². The number of rotatable bonds is 7. The molecular formula is C17H24N4O4. The standard InChI is InChI=1S/C17H24N4O4/c1-2-7-18-16(22)13-19-8-10-20(11-9-19)17(23)12-14-3-5-15(6-4-14)21(24)25/h3-6H,2,7-13H2,1H3,(H,18,22). The van der Waals surface area contributed by atoms with Crippen molar-refractivity contribution in [3.8, 4) is 0 Å². The van der Waals surface area contributed by atoms with Gasteiger partial charge in [0.15, 0.2) is 0 Å². The molecular weight excluding hydrogens is 324 g/mol. The Morgan fingerprint density at radius 3 is 2.36 bits per heavy atom. The molecule has 2 rings (SSSR count). The van der Waals surface area contributed by atoms with Crippen LogP contribution in [-0.4, -0.2) is 65.8 Å². The molecule has 0 aromatic heterocycles. The minimum atomic E-state index is -0.457. The van der Waals surface area contributed by atoms with Crippen LogP contribution in [0.1, 0.15) is 18.9 Å². The zero-order valence-corrected chi connectivity index (χ0v) is 14.4. The Labute approximate surface area is 146 Å².